The lowest BCUT2D eigenvalue weighted by atomic mass is 10.1. The fraction of sp³-hybridized carbons (Fsp3) is 0.450. The predicted octanol–water partition coefficient (Wildman–Crippen LogP) is 3.40. The van der Waals surface area contributed by atoms with Crippen molar-refractivity contribution in [2.24, 2.45) is 0 Å². The van der Waals surface area contributed by atoms with Crippen LogP contribution in [-0.4, -0.2) is 56.8 Å². The molecule has 160 valence electrons. The van der Waals surface area contributed by atoms with Gasteiger partial charge in [0.1, 0.15) is 16.6 Å². The number of esters is 1. The summed E-state index contributed by atoms with van der Waals surface area (Å²) >= 11 is 1.43. The molecule has 1 aromatic carbocycles. The van der Waals surface area contributed by atoms with Crippen molar-refractivity contribution < 1.29 is 19.1 Å². The van der Waals surface area contributed by atoms with Crippen molar-refractivity contribution in [3.05, 3.63) is 24.0 Å². The molecule has 2 aromatic heterocycles. The van der Waals surface area contributed by atoms with E-state index in [1.807, 2.05) is 18.4 Å². The van der Waals surface area contributed by atoms with Gasteiger partial charge >= 0.3 is 12.1 Å². The van der Waals surface area contributed by atoms with Crippen molar-refractivity contribution in [2.75, 3.05) is 19.4 Å². The van der Waals surface area contributed by atoms with Crippen molar-refractivity contribution in [2.45, 2.75) is 45.0 Å². The van der Waals surface area contributed by atoms with Crippen LogP contribution in [0.1, 0.15) is 38.2 Å². The zero-order valence-corrected chi connectivity index (χ0v) is 18.5. The summed E-state index contributed by atoms with van der Waals surface area (Å²) in [5.41, 5.74) is 0.986. The molecule has 2 heterocycles. The average molecular weight is 432 g/mol. The monoisotopic (exact) mass is 431 g/mol. The van der Waals surface area contributed by atoms with Crippen LogP contribution in [-0.2, 0) is 16.0 Å². The first-order valence-electron chi connectivity index (χ1n) is 9.57. The van der Waals surface area contributed by atoms with Gasteiger partial charge in [-0.15, -0.1) is 0 Å². The molecule has 0 aliphatic rings. The average Bonchev–Trinajstić information content (AvgIpc) is 3.05. The van der Waals surface area contributed by atoms with E-state index in [1.165, 1.54) is 11.8 Å². The summed E-state index contributed by atoms with van der Waals surface area (Å²) in [5.74, 6) is -0.476. The second kappa shape index (κ2) is 8.86. The summed E-state index contributed by atoms with van der Waals surface area (Å²) in [4.78, 5) is 33.4. The Morgan fingerprint density at radius 2 is 2.00 bits per heavy atom. The molecule has 0 bridgehead atoms. The van der Waals surface area contributed by atoms with Gasteiger partial charge in [-0.2, -0.15) is 5.10 Å². The molecule has 10 heteroatoms. The molecule has 0 atom stereocenters. The minimum absolute atomic E-state index is 0.234. The number of nitrogens with zero attached hydrogens (tertiary/aromatic N) is 4. The molecule has 9 nitrogen and oxygen atoms in total. The quantitative estimate of drug-likeness (QED) is 0.359. The van der Waals surface area contributed by atoms with E-state index in [-0.39, 0.29) is 19.7 Å². The Kier molecular flexibility index (Phi) is 6.45. The van der Waals surface area contributed by atoms with Crippen molar-refractivity contribution in [3.8, 4) is 0 Å². The van der Waals surface area contributed by atoms with Gasteiger partial charge in [-0.3, -0.25) is 4.68 Å². The van der Waals surface area contributed by atoms with Crippen LogP contribution in [0.5, 0.6) is 0 Å². The first-order chi connectivity index (χ1) is 14.2. The normalized spacial score (nSPS) is 11.6. The molecule has 3 aromatic rings. The molecule has 1 N–H and O–H groups in total. The van der Waals surface area contributed by atoms with Gasteiger partial charge < -0.3 is 14.8 Å². The van der Waals surface area contributed by atoms with Crippen LogP contribution in [0.25, 0.3) is 21.8 Å². The Labute approximate surface area is 178 Å². The lowest BCUT2D eigenvalue weighted by molar-refractivity contribution is 0.0514. The van der Waals surface area contributed by atoms with Gasteiger partial charge in [0.2, 0.25) is 0 Å². The molecule has 1 amide bonds. The molecular formula is C20H25N5O4S. The number of ether oxygens (including phenoxy) is 2. The molecule has 0 fully saturated rings. The van der Waals surface area contributed by atoms with Crippen molar-refractivity contribution in [1.82, 2.24) is 25.1 Å². The zero-order valence-electron chi connectivity index (χ0n) is 17.7. The Morgan fingerprint density at radius 3 is 2.67 bits per heavy atom. The van der Waals surface area contributed by atoms with Gasteiger partial charge in [-0.25, -0.2) is 19.6 Å². The molecule has 0 radical (unpaired) electrons. The smallest absolute Gasteiger partial charge is 0.407 e. The maximum atomic E-state index is 12.7. The highest BCUT2D eigenvalue weighted by Gasteiger charge is 2.22. The van der Waals surface area contributed by atoms with Crippen LogP contribution >= 0.6 is 11.8 Å². The Bertz CT molecular complexity index is 1090. The van der Waals surface area contributed by atoms with Crippen molar-refractivity contribution >= 4 is 45.6 Å². The molecule has 0 unspecified atom stereocenters. The number of thioether (sulfide) groups is 1. The number of carbonyl (C=O) groups is 2. The summed E-state index contributed by atoms with van der Waals surface area (Å²) in [6.45, 7) is 7.87. The number of rotatable bonds is 6. The van der Waals surface area contributed by atoms with E-state index in [1.54, 1.807) is 38.6 Å². The molecule has 3 rings (SSSR count). The Hall–Kier alpha value is -2.88. The minimum Gasteiger partial charge on any atom is -0.461 e. The summed E-state index contributed by atoms with van der Waals surface area (Å²) in [5, 5.41) is 9.39. The van der Waals surface area contributed by atoms with Crippen LogP contribution in [0.15, 0.2) is 23.5 Å². The van der Waals surface area contributed by atoms with Crippen LogP contribution in [0.3, 0.4) is 0 Å². The van der Waals surface area contributed by atoms with E-state index in [9.17, 15) is 9.59 Å². The van der Waals surface area contributed by atoms with Crippen molar-refractivity contribution in [1.29, 1.82) is 0 Å². The lowest BCUT2D eigenvalue weighted by Gasteiger charge is -2.19. The van der Waals surface area contributed by atoms with Gasteiger partial charge in [0.25, 0.3) is 0 Å². The Morgan fingerprint density at radius 1 is 1.23 bits per heavy atom. The fourth-order valence-electron chi connectivity index (χ4n) is 2.92. The first-order valence-corrected chi connectivity index (χ1v) is 10.8. The molecule has 0 spiro atoms. The van der Waals surface area contributed by atoms with E-state index in [0.717, 1.165) is 5.39 Å². The lowest BCUT2D eigenvalue weighted by Crippen LogP contribution is -2.34. The van der Waals surface area contributed by atoms with Gasteiger partial charge in [-0.05, 0) is 40.0 Å². The van der Waals surface area contributed by atoms with Gasteiger partial charge in [0.15, 0.2) is 10.9 Å². The topological polar surface area (TPSA) is 108 Å². The SMILES string of the molecule is CCOC(=O)c1c2ccc3cnc(SC)nc3c2nn1CCNC(=O)OC(C)(C)C. The van der Waals surface area contributed by atoms with E-state index in [2.05, 4.69) is 20.4 Å². The summed E-state index contributed by atoms with van der Waals surface area (Å²) in [7, 11) is 0. The first kappa shape index (κ1) is 21.8. The highest BCUT2D eigenvalue weighted by Crippen LogP contribution is 2.27. The number of hydrogen-bond acceptors (Lipinski definition) is 8. The Balaban J connectivity index is 1.97. The number of aromatic nitrogens is 4. The number of carbonyl (C=O) groups excluding carboxylic acids is 2. The maximum absolute atomic E-state index is 12.7. The molecule has 30 heavy (non-hydrogen) atoms. The zero-order chi connectivity index (χ0) is 21.9. The number of nitrogens with one attached hydrogen (secondary N) is 1. The third-order valence-corrected chi connectivity index (χ3v) is 4.64. The summed E-state index contributed by atoms with van der Waals surface area (Å²) in [6.07, 6.45) is 3.10. The van der Waals surface area contributed by atoms with E-state index >= 15 is 0 Å². The number of alkyl carbamates (subject to hydrolysis) is 1. The number of hydrogen-bond donors (Lipinski definition) is 1. The third kappa shape index (κ3) is 4.81. The van der Waals surface area contributed by atoms with E-state index in [0.29, 0.717) is 27.3 Å². The highest BCUT2D eigenvalue weighted by atomic mass is 32.2. The largest absolute Gasteiger partial charge is 0.461 e. The number of benzene rings is 1. The number of amides is 1. The number of fused-ring (bicyclic) bond motifs is 3. The van der Waals surface area contributed by atoms with Crippen molar-refractivity contribution in [3.63, 3.8) is 0 Å². The molecule has 0 saturated heterocycles. The van der Waals surface area contributed by atoms with E-state index in [4.69, 9.17) is 9.47 Å². The summed E-state index contributed by atoms with van der Waals surface area (Å²) in [6, 6.07) is 3.67. The van der Waals surface area contributed by atoms with E-state index < -0.39 is 17.7 Å². The van der Waals surface area contributed by atoms with Crippen LogP contribution in [0, 0.1) is 0 Å². The van der Waals surface area contributed by atoms with Crippen LogP contribution in [0.2, 0.25) is 0 Å². The third-order valence-electron chi connectivity index (χ3n) is 4.08. The minimum atomic E-state index is -0.589. The molecular weight excluding hydrogens is 406 g/mol. The summed E-state index contributed by atoms with van der Waals surface area (Å²) < 4.78 is 12.0. The van der Waals surface area contributed by atoms with Crippen LogP contribution in [0.4, 0.5) is 4.79 Å². The van der Waals surface area contributed by atoms with Gasteiger partial charge in [-0.1, -0.05) is 17.8 Å². The van der Waals surface area contributed by atoms with Crippen LogP contribution < -0.4 is 5.32 Å². The standard InChI is InChI=1S/C20H25N5O4S/c1-6-28-17(26)16-13-8-7-12-11-22-18(30-5)23-14(12)15(13)24-25(16)10-9-21-19(27)29-20(2,3)4/h7-8,11H,6,9-10H2,1-5H3,(H,21,27). The molecule has 0 aliphatic carbocycles. The highest BCUT2D eigenvalue weighted by molar-refractivity contribution is 7.98. The molecule has 0 saturated carbocycles. The van der Waals surface area contributed by atoms with Gasteiger partial charge in [0, 0.05) is 23.5 Å². The maximum Gasteiger partial charge on any atom is 0.407 e. The molecule has 0 aliphatic heterocycles. The predicted molar refractivity (Wildman–Crippen MR) is 115 cm³/mol. The fourth-order valence-corrected chi connectivity index (χ4v) is 3.26. The van der Waals surface area contributed by atoms with Gasteiger partial charge in [0.05, 0.1) is 13.2 Å². The second-order valence-corrected chi connectivity index (χ2v) is 8.25. The second-order valence-electron chi connectivity index (χ2n) is 7.48.